The lowest BCUT2D eigenvalue weighted by Gasteiger charge is -2.13. The third kappa shape index (κ3) is 4.66. The van der Waals surface area contributed by atoms with E-state index in [-0.39, 0.29) is 31.2 Å². The van der Waals surface area contributed by atoms with Crippen molar-refractivity contribution < 1.29 is 23.5 Å². The van der Waals surface area contributed by atoms with E-state index < -0.39 is 12.1 Å². The first kappa shape index (κ1) is 18.5. The molecule has 4 amide bonds. The summed E-state index contributed by atoms with van der Waals surface area (Å²) in [7, 11) is 1.57. The highest BCUT2D eigenvalue weighted by molar-refractivity contribution is 6.04. The molecule has 0 saturated carbocycles. The fourth-order valence-corrected chi connectivity index (χ4v) is 2.80. The van der Waals surface area contributed by atoms with Gasteiger partial charge in [-0.2, -0.15) is 0 Å². The lowest BCUT2D eigenvalue weighted by atomic mass is 10.1. The maximum absolute atomic E-state index is 12.5. The number of nitrogens with one attached hydrogen (secondary N) is 2. The highest BCUT2D eigenvalue weighted by atomic mass is 16.5. The number of amides is 4. The second-order valence-electron chi connectivity index (χ2n) is 6.17. The minimum atomic E-state index is -0.690. The predicted octanol–water partition coefficient (Wildman–Crippen LogP) is 1.81. The van der Waals surface area contributed by atoms with Gasteiger partial charge in [-0.25, -0.2) is 4.79 Å². The van der Waals surface area contributed by atoms with Gasteiger partial charge in [-0.1, -0.05) is 12.1 Å². The number of carbonyl (C=O) groups is 3. The van der Waals surface area contributed by atoms with Gasteiger partial charge in [0.25, 0.3) is 5.91 Å². The quantitative estimate of drug-likeness (QED) is 0.689. The highest BCUT2D eigenvalue weighted by Gasteiger charge is 2.37. The highest BCUT2D eigenvalue weighted by Crippen LogP contribution is 2.17. The Hall–Kier alpha value is -3.29. The minimum absolute atomic E-state index is 0.133. The molecule has 142 valence electrons. The molecule has 0 unspecified atom stereocenters. The average molecular weight is 371 g/mol. The Bertz CT molecular complexity index is 801. The molecule has 2 N–H and O–H groups in total. The fourth-order valence-electron chi connectivity index (χ4n) is 2.80. The van der Waals surface area contributed by atoms with Gasteiger partial charge >= 0.3 is 6.03 Å². The van der Waals surface area contributed by atoms with Gasteiger partial charge in [-0.3, -0.25) is 14.5 Å². The van der Waals surface area contributed by atoms with Gasteiger partial charge in [-0.15, -0.1) is 0 Å². The molecule has 0 aliphatic carbocycles. The molecule has 2 heterocycles. The van der Waals surface area contributed by atoms with Crippen molar-refractivity contribution in [3.63, 3.8) is 0 Å². The molecule has 1 atom stereocenters. The first-order chi connectivity index (χ1) is 13.1. The fraction of sp³-hybridized carbons (Fsp3) is 0.316. The molecular formula is C19H21N3O5. The molecule has 0 bridgehead atoms. The number of nitrogens with zero attached hydrogens (tertiary/aromatic N) is 1. The number of imide groups is 1. The van der Waals surface area contributed by atoms with Crippen LogP contribution in [0.3, 0.4) is 0 Å². The van der Waals surface area contributed by atoms with Crippen LogP contribution in [0.5, 0.6) is 5.75 Å². The molecule has 2 aromatic rings. The SMILES string of the molecule is COc1ccc(CN2C(=O)N[C@@H](CCC(=O)NCc3ccco3)C2=O)cc1. The molecule has 1 saturated heterocycles. The predicted molar refractivity (Wildman–Crippen MR) is 95.7 cm³/mol. The Morgan fingerprint density at radius 3 is 2.70 bits per heavy atom. The van der Waals surface area contributed by atoms with Crippen LogP contribution in [0, 0.1) is 0 Å². The summed E-state index contributed by atoms with van der Waals surface area (Å²) in [6.45, 7) is 0.469. The largest absolute Gasteiger partial charge is 0.497 e. The van der Waals surface area contributed by atoms with Crippen LogP contribution in [0.15, 0.2) is 47.1 Å². The van der Waals surface area contributed by atoms with Crippen LogP contribution in [0.25, 0.3) is 0 Å². The zero-order valence-electron chi connectivity index (χ0n) is 14.9. The summed E-state index contributed by atoms with van der Waals surface area (Å²) in [5.41, 5.74) is 0.816. The van der Waals surface area contributed by atoms with Crippen LogP contribution in [0.1, 0.15) is 24.2 Å². The van der Waals surface area contributed by atoms with E-state index in [1.165, 1.54) is 6.26 Å². The molecule has 1 aliphatic rings. The lowest BCUT2D eigenvalue weighted by molar-refractivity contribution is -0.128. The third-order valence-electron chi connectivity index (χ3n) is 4.31. The summed E-state index contributed by atoms with van der Waals surface area (Å²) in [6.07, 6.45) is 1.91. The molecule has 1 aliphatic heterocycles. The second-order valence-corrected chi connectivity index (χ2v) is 6.17. The van der Waals surface area contributed by atoms with Crippen LogP contribution in [-0.2, 0) is 22.7 Å². The topological polar surface area (TPSA) is 101 Å². The van der Waals surface area contributed by atoms with Crippen LogP contribution in [0.2, 0.25) is 0 Å². The molecule has 3 rings (SSSR count). The van der Waals surface area contributed by atoms with E-state index in [4.69, 9.17) is 9.15 Å². The van der Waals surface area contributed by atoms with Crippen molar-refractivity contribution >= 4 is 17.8 Å². The van der Waals surface area contributed by atoms with E-state index >= 15 is 0 Å². The Labute approximate surface area is 156 Å². The average Bonchev–Trinajstić information content (AvgIpc) is 3.29. The number of methoxy groups -OCH3 is 1. The maximum atomic E-state index is 12.5. The summed E-state index contributed by atoms with van der Waals surface area (Å²) < 4.78 is 10.2. The van der Waals surface area contributed by atoms with Crippen molar-refractivity contribution in [3.05, 3.63) is 54.0 Å². The standard InChI is InChI=1S/C19H21N3O5/c1-26-14-6-4-13(5-7-14)12-22-18(24)16(21-19(22)25)8-9-17(23)20-11-15-3-2-10-27-15/h2-7,10,16H,8-9,11-12H2,1H3,(H,20,23)(H,21,25)/t16-/m0/s1. The third-order valence-corrected chi connectivity index (χ3v) is 4.31. The first-order valence-corrected chi connectivity index (χ1v) is 8.60. The normalized spacial score (nSPS) is 16.3. The van der Waals surface area contributed by atoms with Gasteiger partial charge in [0.05, 0.1) is 26.5 Å². The Kier molecular flexibility index (Phi) is 5.75. The number of urea groups is 1. The molecule has 8 nitrogen and oxygen atoms in total. The van der Waals surface area contributed by atoms with Gasteiger partial charge in [0.1, 0.15) is 17.6 Å². The Morgan fingerprint density at radius 1 is 1.26 bits per heavy atom. The molecule has 0 radical (unpaired) electrons. The number of carbonyl (C=O) groups excluding carboxylic acids is 3. The number of furan rings is 1. The molecule has 1 aromatic carbocycles. The number of ether oxygens (including phenoxy) is 1. The summed E-state index contributed by atoms with van der Waals surface area (Å²) in [5, 5.41) is 5.35. The van der Waals surface area contributed by atoms with E-state index in [0.29, 0.717) is 18.1 Å². The molecule has 1 fully saturated rings. The van der Waals surface area contributed by atoms with E-state index in [0.717, 1.165) is 10.5 Å². The number of hydrogen-bond acceptors (Lipinski definition) is 5. The molecule has 0 spiro atoms. The summed E-state index contributed by atoms with van der Waals surface area (Å²) in [5.74, 6) is 0.824. The molecule has 8 heteroatoms. The van der Waals surface area contributed by atoms with E-state index in [1.54, 1.807) is 43.5 Å². The molecule has 1 aromatic heterocycles. The van der Waals surface area contributed by atoms with Gasteiger partial charge in [0.2, 0.25) is 5.91 Å². The molecular weight excluding hydrogens is 350 g/mol. The van der Waals surface area contributed by atoms with Crippen LogP contribution in [-0.4, -0.2) is 35.9 Å². The van der Waals surface area contributed by atoms with Gasteiger partial charge in [-0.05, 0) is 36.2 Å². The number of hydrogen-bond donors (Lipinski definition) is 2. The van der Waals surface area contributed by atoms with Gasteiger partial charge in [0.15, 0.2) is 0 Å². The lowest BCUT2D eigenvalue weighted by Crippen LogP contribution is -2.32. The monoisotopic (exact) mass is 371 g/mol. The van der Waals surface area contributed by atoms with Crippen molar-refractivity contribution in [2.45, 2.75) is 32.0 Å². The Morgan fingerprint density at radius 2 is 2.04 bits per heavy atom. The van der Waals surface area contributed by atoms with Crippen molar-refractivity contribution in [2.24, 2.45) is 0 Å². The Balaban J connectivity index is 1.48. The maximum Gasteiger partial charge on any atom is 0.325 e. The summed E-state index contributed by atoms with van der Waals surface area (Å²) in [6, 6.07) is 9.51. The van der Waals surface area contributed by atoms with Gasteiger partial charge in [0, 0.05) is 6.42 Å². The van der Waals surface area contributed by atoms with E-state index in [1.807, 2.05) is 0 Å². The number of benzene rings is 1. The number of rotatable bonds is 8. The van der Waals surface area contributed by atoms with Crippen LogP contribution in [0.4, 0.5) is 4.79 Å². The zero-order chi connectivity index (χ0) is 19.2. The minimum Gasteiger partial charge on any atom is -0.497 e. The molecule has 27 heavy (non-hydrogen) atoms. The first-order valence-electron chi connectivity index (χ1n) is 8.60. The zero-order valence-corrected chi connectivity index (χ0v) is 14.9. The van der Waals surface area contributed by atoms with E-state index in [2.05, 4.69) is 10.6 Å². The second kappa shape index (κ2) is 8.39. The van der Waals surface area contributed by atoms with E-state index in [9.17, 15) is 14.4 Å². The summed E-state index contributed by atoms with van der Waals surface area (Å²) >= 11 is 0. The summed E-state index contributed by atoms with van der Waals surface area (Å²) in [4.78, 5) is 37.7. The van der Waals surface area contributed by atoms with Crippen molar-refractivity contribution in [3.8, 4) is 5.75 Å². The van der Waals surface area contributed by atoms with Crippen LogP contribution >= 0.6 is 0 Å². The van der Waals surface area contributed by atoms with Crippen molar-refractivity contribution in [2.75, 3.05) is 7.11 Å². The van der Waals surface area contributed by atoms with Crippen molar-refractivity contribution in [1.29, 1.82) is 0 Å². The van der Waals surface area contributed by atoms with Crippen molar-refractivity contribution in [1.82, 2.24) is 15.5 Å². The van der Waals surface area contributed by atoms with Gasteiger partial charge < -0.3 is 19.8 Å². The van der Waals surface area contributed by atoms with Crippen LogP contribution < -0.4 is 15.4 Å². The smallest absolute Gasteiger partial charge is 0.325 e.